The van der Waals surface area contributed by atoms with Gasteiger partial charge in [-0.25, -0.2) is 8.42 Å². The Morgan fingerprint density at radius 3 is 2.36 bits per heavy atom. The van der Waals surface area contributed by atoms with Crippen LogP contribution in [0.4, 0.5) is 11.4 Å². The molecular formula is C30H33BrN4O6S. The van der Waals surface area contributed by atoms with E-state index in [1.807, 2.05) is 24.3 Å². The van der Waals surface area contributed by atoms with E-state index in [9.17, 15) is 28.1 Å². The van der Waals surface area contributed by atoms with Gasteiger partial charge in [-0.05, 0) is 55.7 Å². The maximum atomic E-state index is 14.0. The van der Waals surface area contributed by atoms with Crippen LogP contribution in [0.25, 0.3) is 0 Å². The third-order valence-electron chi connectivity index (χ3n) is 7.30. The van der Waals surface area contributed by atoms with E-state index in [0.29, 0.717) is 0 Å². The van der Waals surface area contributed by atoms with Gasteiger partial charge in [0.25, 0.3) is 15.7 Å². The zero-order chi connectivity index (χ0) is 30.3. The Morgan fingerprint density at radius 2 is 1.69 bits per heavy atom. The Balaban J connectivity index is 1.70. The maximum absolute atomic E-state index is 14.0. The highest BCUT2D eigenvalue weighted by Gasteiger charge is 2.33. The molecule has 0 radical (unpaired) electrons. The van der Waals surface area contributed by atoms with Crippen LogP contribution in [0.15, 0.2) is 88.2 Å². The first-order chi connectivity index (χ1) is 20.1. The molecular weight excluding hydrogens is 624 g/mol. The topological polar surface area (TPSA) is 130 Å². The smallest absolute Gasteiger partial charge is 0.271 e. The maximum Gasteiger partial charge on any atom is 0.271 e. The predicted octanol–water partition coefficient (Wildman–Crippen LogP) is 5.42. The van der Waals surface area contributed by atoms with Crippen molar-refractivity contribution in [1.82, 2.24) is 10.2 Å². The number of hydrogen-bond donors (Lipinski definition) is 1. The minimum atomic E-state index is -4.32. The monoisotopic (exact) mass is 656 g/mol. The molecule has 4 rings (SSSR count). The van der Waals surface area contributed by atoms with Crippen molar-refractivity contribution >= 4 is 49.1 Å². The van der Waals surface area contributed by atoms with Gasteiger partial charge in [0, 0.05) is 29.2 Å². The number of benzene rings is 3. The van der Waals surface area contributed by atoms with Gasteiger partial charge >= 0.3 is 0 Å². The Kier molecular flexibility index (Phi) is 10.3. The number of rotatable bonds is 11. The number of carbonyl (C=O) groups is 2. The molecule has 3 aromatic rings. The Morgan fingerprint density at radius 1 is 1.00 bits per heavy atom. The zero-order valence-electron chi connectivity index (χ0n) is 23.2. The van der Waals surface area contributed by atoms with E-state index in [1.165, 1.54) is 35.2 Å². The van der Waals surface area contributed by atoms with E-state index in [4.69, 9.17) is 0 Å². The largest absolute Gasteiger partial charge is 0.352 e. The summed E-state index contributed by atoms with van der Waals surface area (Å²) in [7, 11) is -4.32. The SMILES string of the molecule is C[C@@H](C(=O)NC1CCCCC1)N(Cc1cccc(Br)c1)C(=O)CN(c1cccc([N+](=O)[O-])c1)S(=O)(=O)c1ccccc1. The molecule has 1 aliphatic rings. The Bertz CT molecular complexity index is 1530. The summed E-state index contributed by atoms with van der Waals surface area (Å²) in [5.41, 5.74) is 0.380. The van der Waals surface area contributed by atoms with Gasteiger partial charge in [0.2, 0.25) is 11.8 Å². The van der Waals surface area contributed by atoms with Gasteiger partial charge in [-0.2, -0.15) is 0 Å². The summed E-state index contributed by atoms with van der Waals surface area (Å²) in [5.74, 6) is -0.953. The highest BCUT2D eigenvalue weighted by Crippen LogP contribution is 2.28. The van der Waals surface area contributed by atoms with Crippen LogP contribution < -0.4 is 9.62 Å². The van der Waals surface area contributed by atoms with Crippen LogP contribution in [-0.2, 0) is 26.2 Å². The molecule has 0 unspecified atom stereocenters. The standard InChI is InChI=1S/C30H33BrN4O6S/c1-22(30(37)32-25-12-4-2-5-13-25)33(20-23-10-8-11-24(31)18-23)29(36)21-34(26-14-9-15-27(19-26)35(38)39)42(40,41)28-16-6-3-7-17-28/h3,6-11,14-19,22,25H,2,4-5,12-13,20-21H2,1H3,(H,32,37)/t22-/m0/s1. The molecule has 1 saturated carbocycles. The van der Waals surface area contributed by atoms with Crippen molar-refractivity contribution in [1.29, 1.82) is 0 Å². The first kappa shape index (κ1) is 31.2. The molecule has 1 atom stereocenters. The average Bonchev–Trinajstić information content (AvgIpc) is 2.99. The third kappa shape index (κ3) is 7.74. The van der Waals surface area contributed by atoms with Crippen LogP contribution in [0.1, 0.15) is 44.6 Å². The number of sulfonamides is 1. The van der Waals surface area contributed by atoms with E-state index in [0.717, 1.165) is 52.5 Å². The van der Waals surface area contributed by atoms with Gasteiger partial charge in [-0.3, -0.25) is 24.0 Å². The molecule has 10 nitrogen and oxygen atoms in total. The number of non-ortho nitro benzene ring substituents is 1. The number of carbonyl (C=O) groups excluding carboxylic acids is 2. The van der Waals surface area contributed by atoms with Gasteiger partial charge in [-0.1, -0.05) is 71.6 Å². The molecule has 0 bridgehead atoms. The summed E-state index contributed by atoms with van der Waals surface area (Å²) in [4.78, 5) is 39.6. The fourth-order valence-corrected chi connectivity index (χ4v) is 6.87. The average molecular weight is 658 g/mol. The molecule has 3 aromatic carbocycles. The molecule has 222 valence electrons. The Labute approximate surface area is 254 Å². The highest BCUT2D eigenvalue weighted by atomic mass is 79.9. The third-order valence-corrected chi connectivity index (χ3v) is 9.58. The van der Waals surface area contributed by atoms with E-state index in [-0.39, 0.29) is 34.8 Å². The molecule has 0 aromatic heterocycles. The fourth-order valence-electron chi connectivity index (χ4n) is 4.99. The van der Waals surface area contributed by atoms with Crippen molar-refractivity contribution in [2.45, 2.75) is 62.6 Å². The van der Waals surface area contributed by atoms with Gasteiger partial charge in [0.15, 0.2) is 0 Å². The van der Waals surface area contributed by atoms with E-state index in [2.05, 4.69) is 21.2 Å². The van der Waals surface area contributed by atoms with Crippen LogP contribution in [0.2, 0.25) is 0 Å². The van der Waals surface area contributed by atoms with Crippen LogP contribution >= 0.6 is 15.9 Å². The minimum Gasteiger partial charge on any atom is -0.352 e. The normalized spacial score (nSPS) is 14.5. The number of amides is 2. The van der Waals surface area contributed by atoms with Crippen molar-refractivity contribution in [2.24, 2.45) is 0 Å². The van der Waals surface area contributed by atoms with Crippen LogP contribution in [0, 0.1) is 10.1 Å². The lowest BCUT2D eigenvalue weighted by Crippen LogP contribution is -2.53. The number of nitro groups is 1. The molecule has 42 heavy (non-hydrogen) atoms. The minimum absolute atomic E-state index is 0.0244. The molecule has 0 aliphatic heterocycles. The molecule has 12 heteroatoms. The summed E-state index contributed by atoms with van der Waals surface area (Å²) in [6, 6.07) is 19.1. The summed E-state index contributed by atoms with van der Waals surface area (Å²) in [5, 5.41) is 14.6. The van der Waals surface area contributed by atoms with E-state index >= 15 is 0 Å². The lowest BCUT2D eigenvalue weighted by atomic mass is 9.95. The number of halogens is 1. The quantitative estimate of drug-likeness (QED) is 0.217. The summed E-state index contributed by atoms with van der Waals surface area (Å²) < 4.78 is 29.3. The van der Waals surface area contributed by atoms with Crippen LogP contribution in [0.3, 0.4) is 0 Å². The number of nitrogens with zero attached hydrogens (tertiary/aromatic N) is 3. The lowest BCUT2D eigenvalue weighted by Gasteiger charge is -2.33. The second kappa shape index (κ2) is 13.9. The zero-order valence-corrected chi connectivity index (χ0v) is 25.6. The van der Waals surface area contributed by atoms with Crippen LogP contribution in [0.5, 0.6) is 0 Å². The van der Waals surface area contributed by atoms with Crippen molar-refractivity contribution in [3.63, 3.8) is 0 Å². The van der Waals surface area contributed by atoms with E-state index < -0.39 is 33.4 Å². The molecule has 1 N–H and O–H groups in total. The number of anilines is 1. The molecule has 0 heterocycles. The van der Waals surface area contributed by atoms with Gasteiger partial charge in [-0.15, -0.1) is 0 Å². The summed E-state index contributed by atoms with van der Waals surface area (Å²) in [6.07, 6.45) is 4.91. The first-order valence-corrected chi connectivity index (χ1v) is 16.0. The van der Waals surface area contributed by atoms with Gasteiger partial charge in [0.05, 0.1) is 15.5 Å². The fraction of sp³-hybridized carbons (Fsp3) is 0.333. The molecule has 1 fully saturated rings. The van der Waals surface area contributed by atoms with Crippen LogP contribution in [-0.4, -0.2) is 48.7 Å². The van der Waals surface area contributed by atoms with Crippen molar-refractivity contribution in [3.8, 4) is 0 Å². The molecule has 1 aliphatic carbocycles. The molecule has 0 saturated heterocycles. The number of nitro benzene ring substituents is 1. The number of nitrogens with one attached hydrogen (secondary N) is 1. The lowest BCUT2D eigenvalue weighted by molar-refractivity contribution is -0.384. The summed E-state index contributed by atoms with van der Waals surface area (Å²) in [6.45, 7) is 0.997. The highest BCUT2D eigenvalue weighted by molar-refractivity contribution is 9.10. The Hall–Kier alpha value is -3.77. The number of hydrogen-bond acceptors (Lipinski definition) is 6. The molecule has 0 spiro atoms. The van der Waals surface area contributed by atoms with Crippen molar-refractivity contribution in [3.05, 3.63) is 99.0 Å². The van der Waals surface area contributed by atoms with Gasteiger partial charge < -0.3 is 10.2 Å². The van der Waals surface area contributed by atoms with Gasteiger partial charge in [0.1, 0.15) is 12.6 Å². The van der Waals surface area contributed by atoms with Crippen molar-refractivity contribution in [2.75, 3.05) is 10.8 Å². The predicted molar refractivity (Wildman–Crippen MR) is 163 cm³/mol. The molecule has 2 amide bonds. The van der Waals surface area contributed by atoms with Crippen molar-refractivity contribution < 1.29 is 22.9 Å². The second-order valence-corrected chi connectivity index (χ2v) is 13.1. The second-order valence-electron chi connectivity index (χ2n) is 10.3. The first-order valence-electron chi connectivity index (χ1n) is 13.7. The van der Waals surface area contributed by atoms with E-state index in [1.54, 1.807) is 25.1 Å². The summed E-state index contributed by atoms with van der Waals surface area (Å²) >= 11 is 3.44.